The maximum Gasteiger partial charge on any atom is 0.320 e. The predicted octanol–water partition coefficient (Wildman–Crippen LogP) is -0.347. The minimum Gasteiger partial charge on any atom is -0.466 e. The second-order valence-electron chi connectivity index (χ2n) is 4.53. The van der Waals surface area contributed by atoms with Crippen molar-refractivity contribution in [3.63, 3.8) is 0 Å². The van der Waals surface area contributed by atoms with Crippen molar-refractivity contribution in [2.45, 2.75) is 25.6 Å². The zero-order chi connectivity index (χ0) is 12.2. The number of esters is 3. The van der Waals surface area contributed by atoms with Crippen molar-refractivity contribution in [2.75, 3.05) is 6.61 Å². The highest BCUT2D eigenvalue weighted by Gasteiger charge is 2.66. The summed E-state index contributed by atoms with van der Waals surface area (Å²) in [6.45, 7) is 2.02. The Kier molecular flexibility index (Phi) is 2.22. The second-order valence-corrected chi connectivity index (χ2v) is 4.53. The number of rotatable bonds is 2. The van der Waals surface area contributed by atoms with E-state index < -0.39 is 35.8 Å². The molecule has 0 aromatic carbocycles. The maximum absolute atomic E-state index is 11.7. The minimum absolute atomic E-state index is 0.296. The number of hydrogen-bond acceptors (Lipinski definition) is 6. The van der Waals surface area contributed by atoms with E-state index in [-0.39, 0.29) is 12.1 Å². The molecule has 6 nitrogen and oxygen atoms in total. The first-order valence-corrected chi connectivity index (χ1v) is 5.71. The first-order chi connectivity index (χ1) is 8.13. The van der Waals surface area contributed by atoms with Crippen LogP contribution >= 0.6 is 0 Å². The van der Waals surface area contributed by atoms with Gasteiger partial charge >= 0.3 is 17.9 Å². The van der Waals surface area contributed by atoms with Crippen LogP contribution in [0.15, 0.2) is 0 Å². The third-order valence-electron chi connectivity index (χ3n) is 3.69. The van der Waals surface area contributed by atoms with E-state index in [1.165, 1.54) is 0 Å². The first kappa shape index (κ1) is 10.7. The summed E-state index contributed by atoms with van der Waals surface area (Å²) in [5.41, 5.74) is 0. The Morgan fingerprint density at radius 3 is 2.76 bits per heavy atom. The molecule has 3 aliphatic rings. The van der Waals surface area contributed by atoms with Crippen LogP contribution in [0.4, 0.5) is 0 Å². The van der Waals surface area contributed by atoms with Gasteiger partial charge in [0.25, 0.3) is 0 Å². The highest BCUT2D eigenvalue weighted by atomic mass is 16.6. The summed E-state index contributed by atoms with van der Waals surface area (Å²) < 4.78 is 15.1. The van der Waals surface area contributed by atoms with Crippen LogP contribution in [0.5, 0.6) is 0 Å². The standard InChI is InChI=1S/C11H12O6/c1-2-15-9(12)4-3-5-6-7(8(4)16-5)11(14)17-10(6)13/h4-8H,2-3H2,1H3/t4-,5-,6-,7-,8+/m1/s1. The molecule has 92 valence electrons. The molecule has 5 atom stereocenters. The lowest BCUT2D eigenvalue weighted by Gasteiger charge is -2.22. The molecule has 0 unspecified atom stereocenters. The van der Waals surface area contributed by atoms with Crippen LogP contribution in [0.3, 0.4) is 0 Å². The zero-order valence-corrected chi connectivity index (χ0v) is 9.25. The van der Waals surface area contributed by atoms with Gasteiger partial charge in [-0.05, 0) is 13.3 Å². The van der Waals surface area contributed by atoms with Crippen molar-refractivity contribution in [1.82, 2.24) is 0 Å². The van der Waals surface area contributed by atoms with Crippen LogP contribution in [0.1, 0.15) is 13.3 Å². The third kappa shape index (κ3) is 1.33. The van der Waals surface area contributed by atoms with Crippen LogP contribution in [0.2, 0.25) is 0 Å². The third-order valence-corrected chi connectivity index (χ3v) is 3.69. The molecule has 17 heavy (non-hydrogen) atoms. The highest BCUT2D eigenvalue weighted by molar-refractivity contribution is 5.98. The fourth-order valence-electron chi connectivity index (χ4n) is 3.03. The van der Waals surface area contributed by atoms with Crippen LogP contribution in [-0.4, -0.2) is 36.7 Å². The van der Waals surface area contributed by atoms with E-state index >= 15 is 0 Å². The predicted molar refractivity (Wildman–Crippen MR) is 51.5 cm³/mol. The average Bonchev–Trinajstić information content (AvgIpc) is 2.91. The van der Waals surface area contributed by atoms with Gasteiger partial charge in [-0.1, -0.05) is 0 Å². The molecule has 0 radical (unpaired) electrons. The van der Waals surface area contributed by atoms with Gasteiger partial charge in [-0.2, -0.15) is 0 Å². The SMILES string of the molecule is CCOC(=O)[C@@H]1C[C@H]2O[C@@H]1[C@@H]1C(=O)OC(=O)[C@@H]12. The van der Waals surface area contributed by atoms with E-state index in [4.69, 9.17) is 9.47 Å². The van der Waals surface area contributed by atoms with E-state index in [0.29, 0.717) is 13.0 Å². The molecule has 3 saturated heterocycles. The van der Waals surface area contributed by atoms with Crippen LogP contribution in [0, 0.1) is 17.8 Å². The summed E-state index contributed by atoms with van der Waals surface area (Å²) in [5.74, 6) is -3.02. The molecule has 3 heterocycles. The molecule has 3 fully saturated rings. The van der Waals surface area contributed by atoms with Crippen molar-refractivity contribution in [1.29, 1.82) is 0 Å². The summed E-state index contributed by atoms with van der Waals surface area (Å²) in [6.07, 6.45) is -0.492. The monoisotopic (exact) mass is 240 g/mol. The van der Waals surface area contributed by atoms with E-state index in [9.17, 15) is 14.4 Å². The van der Waals surface area contributed by atoms with E-state index in [0.717, 1.165) is 0 Å². The van der Waals surface area contributed by atoms with Crippen molar-refractivity contribution >= 4 is 17.9 Å². The largest absolute Gasteiger partial charge is 0.466 e. The first-order valence-electron chi connectivity index (χ1n) is 5.71. The van der Waals surface area contributed by atoms with Gasteiger partial charge in [0, 0.05) is 0 Å². The van der Waals surface area contributed by atoms with E-state index in [1.807, 2.05) is 0 Å². The number of hydrogen-bond donors (Lipinski definition) is 0. The van der Waals surface area contributed by atoms with Crippen LogP contribution in [-0.2, 0) is 28.6 Å². The second kappa shape index (κ2) is 3.53. The summed E-state index contributed by atoms with van der Waals surface area (Å²) in [7, 11) is 0. The van der Waals surface area contributed by atoms with Gasteiger partial charge < -0.3 is 14.2 Å². The lowest BCUT2D eigenvalue weighted by atomic mass is 9.75. The van der Waals surface area contributed by atoms with Gasteiger partial charge in [-0.3, -0.25) is 14.4 Å². The number of fused-ring (bicyclic) bond motifs is 5. The fraction of sp³-hybridized carbons (Fsp3) is 0.727. The molecule has 0 spiro atoms. The molecule has 0 N–H and O–H groups in total. The van der Waals surface area contributed by atoms with Gasteiger partial charge in [-0.25, -0.2) is 0 Å². The summed E-state index contributed by atoms with van der Waals surface area (Å²) in [6, 6.07) is 0. The van der Waals surface area contributed by atoms with Crippen molar-refractivity contribution in [2.24, 2.45) is 17.8 Å². The Morgan fingerprint density at radius 2 is 2.06 bits per heavy atom. The van der Waals surface area contributed by atoms with E-state index in [2.05, 4.69) is 4.74 Å². The highest BCUT2D eigenvalue weighted by Crippen LogP contribution is 2.50. The fourth-order valence-corrected chi connectivity index (χ4v) is 3.03. The van der Waals surface area contributed by atoms with Gasteiger partial charge in [-0.15, -0.1) is 0 Å². The molecule has 0 saturated carbocycles. The molecule has 3 rings (SSSR count). The molecule has 0 amide bonds. The number of carbonyl (C=O) groups is 3. The molecule has 2 bridgehead atoms. The van der Waals surface area contributed by atoms with E-state index in [1.54, 1.807) is 6.92 Å². The molecular weight excluding hydrogens is 228 g/mol. The molecule has 0 aliphatic carbocycles. The smallest absolute Gasteiger partial charge is 0.320 e. The molecular formula is C11H12O6. The topological polar surface area (TPSA) is 78.9 Å². The number of carbonyl (C=O) groups excluding carboxylic acids is 3. The molecule has 0 aromatic heterocycles. The Balaban J connectivity index is 1.82. The summed E-state index contributed by atoms with van der Waals surface area (Å²) >= 11 is 0. The maximum atomic E-state index is 11.7. The van der Waals surface area contributed by atoms with Crippen molar-refractivity contribution < 1.29 is 28.6 Å². The van der Waals surface area contributed by atoms with Gasteiger partial charge in [0.2, 0.25) is 0 Å². The Hall–Kier alpha value is -1.43. The summed E-state index contributed by atoms with van der Waals surface area (Å²) in [5, 5.41) is 0. The molecule has 3 aliphatic heterocycles. The lowest BCUT2D eigenvalue weighted by Crippen LogP contribution is -2.39. The minimum atomic E-state index is -0.615. The quantitative estimate of drug-likeness (QED) is 0.485. The number of ether oxygens (including phenoxy) is 3. The molecule has 0 aromatic rings. The number of cyclic esters (lactones) is 2. The van der Waals surface area contributed by atoms with Crippen molar-refractivity contribution in [3.8, 4) is 0 Å². The van der Waals surface area contributed by atoms with Gasteiger partial charge in [0.1, 0.15) is 5.92 Å². The Morgan fingerprint density at radius 1 is 1.35 bits per heavy atom. The molecule has 6 heteroatoms. The van der Waals surface area contributed by atoms with Gasteiger partial charge in [0.15, 0.2) is 0 Å². The Labute approximate surface area is 97.2 Å². The lowest BCUT2D eigenvalue weighted by molar-refractivity contribution is -0.157. The zero-order valence-electron chi connectivity index (χ0n) is 9.25. The van der Waals surface area contributed by atoms with Crippen LogP contribution in [0.25, 0.3) is 0 Å². The summed E-state index contributed by atoms with van der Waals surface area (Å²) in [4.78, 5) is 34.6. The van der Waals surface area contributed by atoms with Crippen LogP contribution < -0.4 is 0 Å². The average molecular weight is 240 g/mol. The van der Waals surface area contributed by atoms with Crippen molar-refractivity contribution in [3.05, 3.63) is 0 Å². The van der Waals surface area contributed by atoms with Gasteiger partial charge in [0.05, 0.1) is 30.7 Å². The normalized spacial score (nSPS) is 42.5. The Bertz CT molecular complexity index is 403.